The molecule has 0 aliphatic rings. The molecule has 1 atom stereocenters. The summed E-state index contributed by atoms with van der Waals surface area (Å²) in [6.07, 6.45) is 87.2. The van der Waals surface area contributed by atoms with Crippen LogP contribution in [0.2, 0.25) is 0 Å². The van der Waals surface area contributed by atoms with E-state index in [1.165, 1.54) is 263 Å². The van der Waals surface area contributed by atoms with Crippen LogP contribution in [-0.2, 0) is 28.6 Å². The van der Waals surface area contributed by atoms with Gasteiger partial charge in [-0.1, -0.05) is 358 Å². The largest absolute Gasteiger partial charge is 0.462 e. The zero-order valence-electron chi connectivity index (χ0n) is 53.9. The Morgan fingerprint density at radius 3 is 0.762 bits per heavy atom. The Morgan fingerprint density at radius 2 is 0.487 bits per heavy atom. The maximum absolute atomic E-state index is 12.9. The Bertz CT molecular complexity index is 1380. The molecule has 0 radical (unpaired) electrons. The number of carbonyl (C=O) groups excluding carboxylic acids is 3. The second kappa shape index (κ2) is 68.9. The summed E-state index contributed by atoms with van der Waals surface area (Å²) in [7, 11) is 0. The molecular weight excluding hydrogens is 985 g/mol. The lowest BCUT2D eigenvalue weighted by Crippen LogP contribution is -2.30. The minimum absolute atomic E-state index is 0.0647. The van der Waals surface area contributed by atoms with Gasteiger partial charge in [-0.3, -0.25) is 14.4 Å². The number of unbranched alkanes of at least 4 members (excludes halogenated alkanes) is 47. The Morgan fingerprint density at radius 1 is 0.263 bits per heavy atom. The highest BCUT2D eigenvalue weighted by Crippen LogP contribution is 2.19. The van der Waals surface area contributed by atoms with Gasteiger partial charge in [0.25, 0.3) is 0 Å². The minimum atomic E-state index is -0.768. The first-order valence-corrected chi connectivity index (χ1v) is 35.6. The van der Waals surface area contributed by atoms with Crippen molar-refractivity contribution in [1.82, 2.24) is 0 Å². The molecule has 0 aromatic rings. The summed E-state index contributed by atoms with van der Waals surface area (Å²) in [6.45, 7) is 6.60. The summed E-state index contributed by atoms with van der Waals surface area (Å²) in [5.74, 6) is -0.833. The van der Waals surface area contributed by atoms with Crippen LogP contribution in [-0.4, -0.2) is 37.2 Å². The van der Waals surface area contributed by atoms with Crippen molar-refractivity contribution in [3.05, 3.63) is 48.6 Å². The SMILES string of the molecule is CC/C=C\C/C=C\C/C=C\C/C=C\CCCCCCCCCCCCCCCCCCCCC(=O)OCC(COC(=O)CCCCCCCCCCCCCCCC)OC(=O)CCCCCCCCCCCCCCCCCCC. The lowest BCUT2D eigenvalue weighted by molar-refractivity contribution is -0.167. The fourth-order valence-corrected chi connectivity index (χ4v) is 10.8. The minimum Gasteiger partial charge on any atom is -0.462 e. The van der Waals surface area contributed by atoms with Crippen molar-refractivity contribution in [2.45, 2.75) is 393 Å². The molecule has 0 aromatic heterocycles. The average Bonchev–Trinajstić information content (AvgIpc) is 3.46. The molecule has 0 spiro atoms. The quantitative estimate of drug-likeness (QED) is 0.0261. The predicted molar refractivity (Wildman–Crippen MR) is 349 cm³/mol. The number of hydrogen-bond donors (Lipinski definition) is 0. The van der Waals surface area contributed by atoms with E-state index in [4.69, 9.17) is 14.2 Å². The average molecular weight is 1120 g/mol. The molecule has 0 saturated carbocycles. The van der Waals surface area contributed by atoms with Gasteiger partial charge in [-0.15, -0.1) is 0 Å². The number of rotatable bonds is 66. The highest BCUT2D eigenvalue weighted by molar-refractivity contribution is 5.71. The standard InChI is InChI=1S/C74H136O6/c1-4-7-10-13-16-19-22-25-28-30-31-32-33-34-35-36-37-38-39-40-41-42-43-45-46-49-52-55-58-61-64-67-73(76)79-70-71(69-78-72(75)66-63-60-57-54-51-48-27-24-21-18-15-12-9-6-3)80-74(77)68-65-62-59-56-53-50-47-44-29-26-23-20-17-14-11-8-5-2/h7,10,16,19,25,28,31-32,71H,4-6,8-9,11-15,17-18,20-24,26-27,29-30,33-70H2,1-3H3/b10-7-,19-16-,28-25-,32-31-. The van der Waals surface area contributed by atoms with Gasteiger partial charge < -0.3 is 14.2 Å². The van der Waals surface area contributed by atoms with Crippen LogP contribution >= 0.6 is 0 Å². The van der Waals surface area contributed by atoms with Crippen molar-refractivity contribution < 1.29 is 28.6 Å². The van der Waals surface area contributed by atoms with Crippen LogP contribution in [0.25, 0.3) is 0 Å². The van der Waals surface area contributed by atoms with Crippen LogP contribution in [0, 0.1) is 0 Å². The smallest absolute Gasteiger partial charge is 0.306 e. The van der Waals surface area contributed by atoms with E-state index in [2.05, 4.69) is 69.4 Å². The van der Waals surface area contributed by atoms with E-state index in [-0.39, 0.29) is 31.1 Å². The summed E-state index contributed by atoms with van der Waals surface area (Å²) in [6, 6.07) is 0. The number of esters is 3. The van der Waals surface area contributed by atoms with Crippen LogP contribution in [0.3, 0.4) is 0 Å². The van der Waals surface area contributed by atoms with Crippen molar-refractivity contribution in [3.8, 4) is 0 Å². The third kappa shape index (κ3) is 66.2. The highest BCUT2D eigenvalue weighted by Gasteiger charge is 2.19. The van der Waals surface area contributed by atoms with Gasteiger partial charge in [0.1, 0.15) is 13.2 Å². The third-order valence-corrected chi connectivity index (χ3v) is 16.1. The zero-order valence-corrected chi connectivity index (χ0v) is 53.9. The number of allylic oxidation sites excluding steroid dienone is 8. The topological polar surface area (TPSA) is 78.9 Å². The summed E-state index contributed by atoms with van der Waals surface area (Å²) in [5, 5.41) is 0. The number of hydrogen-bond acceptors (Lipinski definition) is 6. The van der Waals surface area contributed by atoms with Gasteiger partial charge in [-0.2, -0.15) is 0 Å². The Labute approximate surface area is 498 Å². The monoisotopic (exact) mass is 1120 g/mol. The van der Waals surface area contributed by atoms with Gasteiger partial charge in [0.2, 0.25) is 0 Å². The van der Waals surface area contributed by atoms with Crippen LogP contribution in [0.1, 0.15) is 387 Å². The molecule has 0 heterocycles. The number of carbonyl (C=O) groups is 3. The summed E-state index contributed by atoms with van der Waals surface area (Å²) in [5.41, 5.74) is 0. The molecule has 80 heavy (non-hydrogen) atoms. The van der Waals surface area contributed by atoms with Crippen molar-refractivity contribution in [3.63, 3.8) is 0 Å². The lowest BCUT2D eigenvalue weighted by Gasteiger charge is -2.18. The second-order valence-corrected chi connectivity index (χ2v) is 24.1. The Kier molecular flexibility index (Phi) is 66.6. The van der Waals surface area contributed by atoms with Gasteiger partial charge in [-0.25, -0.2) is 0 Å². The second-order valence-electron chi connectivity index (χ2n) is 24.1. The summed E-state index contributed by atoms with van der Waals surface area (Å²) < 4.78 is 17.0. The van der Waals surface area contributed by atoms with Gasteiger partial charge in [0, 0.05) is 19.3 Å². The van der Waals surface area contributed by atoms with E-state index in [0.717, 1.165) is 83.5 Å². The maximum Gasteiger partial charge on any atom is 0.306 e. The van der Waals surface area contributed by atoms with Crippen molar-refractivity contribution >= 4 is 17.9 Å². The van der Waals surface area contributed by atoms with Gasteiger partial charge >= 0.3 is 17.9 Å². The first-order chi connectivity index (χ1) is 39.5. The normalized spacial score (nSPS) is 12.3. The van der Waals surface area contributed by atoms with Crippen LogP contribution < -0.4 is 0 Å². The van der Waals surface area contributed by atoms with Crippen LogP contribution in [0.15, 0.2) is 48.6 Å². The first-order valence-electron chi connectivity index (χ1n) is 35.6. The van der Waals surface area contributed by atoms with E-state index >= 15 is 0 Å². The van der Waals surface area contributed by atoms with E-state index < -0.39 is 6.10 Å². The van der Waals surface area contributed by atoms with Crippen molar-refractivity contribution in [2.75, 3.05) is 13.2 Å². The molecule has 6 heteroatoms. The van der Waals surface area contributed by atoms with E-state index in [0.29, 0.717) is 19.3 Å². The molecule has 0 aliphatic carbocycles. The Balaban J connectivity index is 4.16. The molecule has 0 N–H and O–H groups in total. The third-order valence-electron chi connectivity index (χ3n) is 16.1. The molecule has 0 amide bonds. The lowest BCUT2D eigenvalue weighted by atomic mass is 10.0. The van der Waals surface area contributed by atoms with Gasteiger partial charge in [0.05, 0.1) is 0 Å². The molecule has 0 aromatic carbocycles. The van der Waals surface area contributed by atoms with Gasteiger partial charge in [0.15, 0.2) is 6.10 Å². The van der Waals surface area contributed by atoms with E-state index in [9.17, 15) is 14.4 Å². The van der Waals surface area contributed by atoms with Crippen molar-refractivity contribution in [1.29, 1.82) is 0 Å². The fraction of sp³-hybridized carbons (Fsp3) is 0.851. The molecule has 0 fully saturated rings. The zero-order chi connectivity index (χ0) is 57.8. The molecule has 0 rings (SSSR count). The molecule has 6 nitrogen and oxygen atoms in total. The molecule has 468 valence electrons. The maximum atomic E-state index is 12.9. The molecule has 0 aliphatic heterocycles. The first kappa shape index (κ1) is 77.4. The number of ether oxygens (including phenoxy) is 3. The molecule has 0 saturated heterocycles. The van der Waals surface area contributed by atoms with Crippen LogP contribution in [0.4, 0.5) is 0 Å². The fourth-order valence-electron chi connectivity index (χ4n) is 10.8. The van der Waals surface area contributed by atoms with E-state index in [1.54, 1.807) is 0 Å². The molecule has 0 bridgehead atoms. The van der Waals surface area contributed by atoms with Crippen LogP contribution in [0.5, 0.6) is 0 Å². The molecular formula is C74H136O6. The van der Waals surface area contributed by atoms with Gasteiger partial charge in [-0.05, 0) is 57.8 Å². The van der Waals surface area contributed by atoms with Crippen molar-refractivity contribution in [2.24, 2.45) is 0 Å². The Hall–Kier alpha value is -2.63. The predicted octanol–water partition coefficient (Wildman–Crippen LogP) is 24.5. The molecule has 1 unspecified atom stereocenters. The van der Waals surface area contributed by atoms with E-state index in [1.807, 2.05) is 0 Å². The summed E-state index contributed by atoms with van der Waals surface area (Å²) in [4.78, 5) is 38.4. The highest BCUT2D eigenvalue weighted by atomic mass is 16.6. The summed E-state index contributed by atoms with van der Waals surface area (Å²) >= 11 is 0.